The molecule has 1 aromatic heterocycles. The summed E-state index contributed by atoms with van der Waals surface area (Å²) in [7, 11) is 1.47. The Labute approximate surface area is 143 Å². The molecule has 1 heterocycles. The molecule has 0 fully saturated rings. The maximum Gasteiger partial charge on any atom is 0.329 e. The number of hydrogen-bond donors (Lipinski definition) is 1. The van der Waals surface area contributed by atoms with E-state index in [1.54, 1.807) is 19.1 Å². The van der Waals surface area contributed by atoms with Gasteiger partial charge in [0.2, 0.25) is 0 Å². The van der Waals surface area contributed by atoms with Gasteiger partial charge >= 0.3 is 5.97 Å². The number of benzene rings is 1. The summed E-state index contributed by atoms with van der Waals surface area (Å²) in [5, 5.41) is 9.99. The molecule has 0 saturated heterocycles. The predicted molar refractivity (Wildman–Crippen MR) is 89.9 cm³/mol. The topological polar surface area (TPSA) is 70.5 Å². The van der Waals surface area contributed by atoms with Crippen LogP contribution in [0.15, 0.2) is 24.3 Å². The summed E-state index contributed by atoms with van der Waals surface area (Å²) in [6.45, 7) is 4.67. The van der Waals surface area contributed by atoms with Gasteiger partial charge in [-0.1, -0.05) is 12.1 Å². The van der Waals surface area contributed by atoms with Gasteiger partial charge in [-0.15, -0.1) is 11.3 Å². The van der Waals surface area contributed by atoms with Crippen LogP contribution in [0.2, 0.25) is 0 Å². The van der Waals surface area contributed by atoms with E-state index in [9.17, 15) is 19.1 Å². The third-order valence-electron chi connectivity index (χ3n) is 3.97. The highest BCUT2D eigenvalue weighted by molar-refractivity contribution is 7.13. The summed E-state index contributed by atoms with van der Waals surface area (Å²) >= 11 is 1.23. The maximum absolute atomic E-state index is 13.0. The Morgan fingerprint density at radius 1 is 1.29 bits per heavy atom. The van der Waals surface area contributed by atoms with Crippen molar-refractivity contribution < 1.29 is 19.1 Å². The van der Waals surface area contributed by atoms with Gasteiger partial charge in [0.25, 0.3) is 5.91 Å². The van der Waals surface area contributed by atoms with E-state index in [0.29, 0.717) is 17.0 Å². The number of thiazole rings is 1. The lowest BCUT2D eigenvalue weighted by Crippen LogP contribution is -2.50. The minimum Gasteiger partial charge on any atom is -0.480 e. The van der Waals surface area contributed by atoms with E-state index in [1.165, 1.54) is 49.3 Å². The molecule has 0 aliphatic rings. The van der Waals surface area contributed by atoms with E-state index < -0.39 is 11.5 Å². The van der Waals surface area contributed by atoms with Gasteiger partial charge in [-0.05, 0) is 38.5 Å². The average Bonchev–Trinajstić information content (AvgIpc) is 2.88. The molecule has 2 rings (SSSR count). The van der Waals surface area contributed by atoms with Crippen LogP contribution >= 0.6 is 11.3 Å². The van der Waals surface area contributed by atoms with Gasteiger partial charge < -0.3 is 10.0 Å². The molecule has 0 aliphatic carbocycles. The average molecular weight is 350 g/mol. The first-order valence-electron chi connectivity index (χ1n) is 7.35. The van der Waals surface area contributed by atoms with E-state index in [4.69, 9.17) is 0 Å². The first-order valence-corrected chi connectivity index (χ1v) is 8.17. The molecule has 0 unspecified atom stereocenters. The Morgan fingerprint density at radius 2 is 1.88 bits per heavy atom. The first-order chi connectivity index (χ1) is 11.1. The van der Waals surface area contributed by atoms with Crippen LogP contribution in [-0.4, -0.2) is 39.5 Å². The first kappa shape index (κ1) is 18.1. The minimum atomic E-state index is -1.31. The third-order valence-corrected chi connectivity index (χ3v) is 5.12. The highest BCUT2D eigenvalue weighted by atomic mass is 32.1. The van der Waals surface area contributed by atoms with Gasteiger partial charge in [-0.3, -0.25) is 4.79 Å². The van der Waals surface area contributed by atoms with E-state index in [2.05, 4.69) is 4.98 Å². The van der Waals surface area contributed by atoms with Gasteiger partial charge in [0.15, 0.2) is 0 Å². The van der Waals surface area contributed by atoms with Crippen molar-refractivity contribution in [3.8, 4) is 0 Å². The van der Waals surface area contributed by atoms with Crippen LogP contribution < -0.4 is 0 Å². The number of halogens is 1. The molecule has 7 heteroatoms. The summed E-state index contributed by atoms with van der Waals surface area (Å²) < 4.78 is 13.0. The molecular weight excluding hydrogens is 331 g/mol. The minimum absolute atomic E-state index is 0.303. The number of amides is 1. The number of carboxylic acids is 1. The molecule has 1 N–H and O–H groups in total. The SMILES string of the molecule is Cc1nc(Cc2ccc(F)cc2)sc1C(=O)N(C)C(C)(C)C(=O)O. The van der Waals surface area contributed by atoms with Crippen molar-refractivity contribution >= 4 is 23.2 Å². The molecule has 128 valence electrons. The van der Waals surface area contributed by atoms with Crippen LogP contribution in [0.25, 0.3) is 0 Å². The zero-order valence-corrected chi connectivity index (χ0v) is 14.8. The molecule has 24 heavy (non-hydrogen) atoms. The van der Waals surface area contributed by atoms with Crippen molar-refractivity contribution in [2.75, 3.05) is 7.05 Å². The highest BCUT2D eigenvalue weighted by Crippen LogP contribution is 2.25. The summed E-state index contributed by atoms with van der Waals surface area (Å²) in [5.41, 5.74) is 0.142. The van der Waals surface area contributed by atoms with Crippen molar-refractivity contribution in [1.29, 1.82) is 0 Å². The number of aliphatic carboxylic acids is 1. The number of aryl methyl sites for hydroxylation is 1. The van der Waals surface area contributed by atoms with Gasteiger partial charge in [0.05, 0.1) is 10.7 Å². The van der Waals surface area contributed by atoms with Crippen molar-refractivity contribution in [1.82, 2.24) is 9.88 Å². The summed E-state index contributed by atoms with van der Waals surface area (Å²) in [4.78, 5) is 29.9. The maximum atomic E-state index is 13.0. The number of carboxylic acid groups (broad SMARTS) is 1. The highest BCUT2D eigenvalue weighted by Gasteiger charge is 2.36. The van der Waals surface area contributed by atoms with Crippen LogP contribution in [0.1, 0.15) is 39.8 Å². The van der Waals surface area contributed by atoms with Gasteiger partial charge in [0.1, 0.15) is 16.2 Å². The number of carbonyl (C=O) groups excluding carboxylic acids is 1. The number of likely N-dealkylation sites (N-methyl/N-ethyl adjacent to an activating group) is 1. The van der Waals surface area contributed by atoms with Crippen LogP contribution in [0.4, 0.5) is 4.39 Å². The Bertz CT molecular complexity index is 769. The normalized spacial score (nSPS) is 11.4. The summed E-state index contributed by atoms with van der Waals surface area (Å²) in [6, 6.07) is 6.11. The molecule has 1 amide bonds. The second kappa shape index (κ2) is 6.68. The third kappa shape index (κ3) is 3.62. The lowest BCUT2D eigenvalue weighted by atomic mass is 10.0. The lowest BCUT2D eigenvalue weighted by Gasteiger charge is -2.31. The largest absolute Gasteiger partial charge is 0.480 e. The smallest absolute Gasteiger partial charge is 0.329 e. The van der Waals surface area contributed by atoms with Gasteiger partial charge in [-0.2, -0.15) is 0 Å². The van der Waals surface area contributed by atoms with E-state index in [1.807, 2.05) is 0 Å². The van der Waals surface area contributed by atoms with Gasteiger partial charge in [-0.25, -0.2) is 14.2 Å². The molecule has 1 aromatic carbocycles. The number of aromatic nitrogens is 1. The lowest BCUT2D eigenvalue weighted by molar-refractivity contribution is -0.147. The second-order valence-electron chi connectivity index (χ2n) is 6.05. The number of nitrogens with zero attached hydrogens (tertiary/aromatic N) is 2. The Balaban J connectivity index is 2.23. The Morgan fingerprint density at radius 3 is 2.42 bits per heavy atom. The van der Waals surface area contributed by atoms with Gasteiger partial charge in [0, 0.05) is 13.5 Å². The van der Waals surface area contributed by atoms with Crippen molar-refractivity contribution in [2.24, 2.45) is 0 Å². The molecule has 0 spiro atoms. The Kier molecular flexibility index (Phi) is 5.03. The zero-order valence-electron chi connectivity index (χ0n) is 14.0. The van der Waals surface area contributed by atoms with Crippen molar-refractivity contribution in [2.45, 2.75) is 32.7 Å². The fourth-order valence-corrected chi connectivity index (χ4v) is 3.13. The van der Waals surface area contributed by atoms with E-state index in [0.717, 1.165) is 10.6 Å². The standard InChI is InChI=1S/C17H19FN2O3S/c1-10-14(15(21)20(4)17(2,3)16(22)23)24-13(19-10)9-11-5-7-12(18)8-6-11/h5-8H,9H2,1-4H3,(H,22,23). The van der Waals surface area contributed by atoms with Crippen LogP contribution in [-0.2, 0) is 11.2 Å². The van der Waals surface area contributed by atoms with Crippen LogP contribution in [0.5, 0.6) is 0 Å². The van der Waals surface area contributed by atoms with Crippen LogP contribution in [0, 0.1) is 12.7 Å². The fraction of sp³-hybridized carbons (Fsp3) is 0.353. The van der Waals surface area contributed by atoms with Crippen molar-refractivity contribution in [3.05, 3.63) is 51.2 Å². The number of rotatable bonds is 5. The number of hydrogen-bond acceptors (Lipinski definition) is 4. The van der Waals surface area contributed by atoms with E-state index >= 15 is 0 Å². The molecule has 0 atom stereocenters. The quantitative estimate of drug-likeness (QED) is 0.899. The second-order valence-corrected chi connectivity index (χ2v) is 7.14. The molecule has 0 aliphatic heterocycles. The summed E-state index contributed by atoms with van der Waals surface area (Å²) in [6.07, 6.45) is 0.491. The monoisotopic (exact) mass is 350 g/mol. The zero-order chi connectivity index (χ0) is 18.1. The Hall–Kier alpha value is -2.28. The predicted octanol–water partition coefficient (Wildman–Crippen LogP) is 3.12. The van der Waals surface area contributed by atoms with E-state index in [-0.39, 0.29) is 11.7 Å². The molecule has 5 nitrogen and oxygen atoms in total. The molecule has 0 bridgehead atoms. The van der Waals surface area contributed by atoms with Crippen molar-refractivity contribution in [3.63, 3.8) is 0 Å². The molecule has 2 aromatic rings. The fourth-order valence-electron chi connectivity index (χ4n) is 2.05. The molecular formula is C17H19FN2O3S. The number of carbonyl (C=O) groups is 2. The molecule has 0 saturated carbocycles. The van der Waals surface area contributed by atoms with Crippen LogP contribution in [0.3, 0.4) is 0 Å². The summed E-state index contributed by atoms with van der Waals surface area (Å²) in [5.74, 6) is -1.75. The molecule has 0 radical (unpaired) electrons.